The van der Waals surface area contributed by atoms with E-state index in [1.807, 2.05) is 7.05 Å². The zero-order valence-electron chi connectivity index (χ0n) is 10.2. The van der Waals surface area contributed by atoms with Crippen LogP contribution in [-0.4, -0.2) is 16.8 Å². The standard InChI is InChI=1S/C12H21N3/c1-8(13-4)12-9(2)14-15(10(12)3)7-11-5-6-11/h8,11,13H,5-7H2,1-4H3. The van der Waals surface area contributed by atoms with Gasteiger partial charge in [0.25, 0.3) is 0 Å². The first-order valence-electron chi connectivity index (χ1n) is 5.84. The second-order valence-electron chi connectivity index (χ2n) is 4.72. The topological polar surface area (TPSA) is 29.9 Å². The van der Waals surface area contributed by atoms with Gasteiger partial charge in [0.15, 0.2) is 0 Å². The number of aromatic nitrogens is 2. The number of rotatable bonds is 4. The molecule has 15 heavy (non-hydrogen) atoms. The molecule has 1 aliphatic rings. The third-order valence-electron chi connectivity index (χ3n) is 3.43. The highest BCUT2D eigenvalue weighted by atomic mass is 15.3. The van der Waals surface area contributed by atoms with E-state index in [2.05, 4.69) is 35.9 Å². The fourth-order valence-electron chi connectivity index (χ4n) is 2.20. The summed E-state index contributed by atoms with van der Waals surface area (Å²) >= 11 is 0. The molecule has 84 valence electrons. The quantitative estimate of drug-likeness (QED) is 0.820. The molecule has 1 aliphatic carbocycles. The Morgan fingerprint density at radius 1 is 1.47 bits per heavy atom. The molecule has 1 unspecified atom stereocenters. The summed E-state index contributed by atoms with van der Waals surface area (Å²) in [7, 11) is 2.00. The Morgan fingerprint density at radius 2 is 2.13 bits per heavy atom. The van der Waals surface area contributed by atoms with Crippen molar-refractivity contribution in [3.05, 3.63) is 17.0 Å². The van der Waals surface area contributed by atoms with Crippen molar-refractivity contribution >= 4 is 0 Å². The van der Waals surface area contributed by atoms with Crippen molar-refractivity contribution < 1.29 is 0 Å². The molecule has 1 saturated carbocycles. The number of hydrogen-bond donors (Lipinski definition) is 1. The van der Waals surface area contributed by atoms with E-state index in [9.17, 15) is 0 Å². The van der Waals surface area contributed by atoms with Crippen molar-refractivity contribution in [2.45, 2.75) is 46.2 Å². The lowest BCUT2D eigenvalue weighted by atomic mass is 10.1. The van der Waals surface area contributed by atoms with Gasteiger partial charge in [-0.25, -0.2) is 0 Å². The second-order valence-corrected chi connectivity index (χ2v) is 4.72. The Balaban J connectivity index is 2.25. The molecule has 2 rings (SSSR count). The maximum atomic E-state index is 4.64. The molecule has 0 radical (unpaired) electrons. The number of nitrogens with zero attached hydrogens (tertiary/aromatic N) is 2. The Hall–Kier alpha value is -0.830. The molecule has 1 atom stereocenters. The molecule has 1 aromatic heterocycles. The molecule has 1 aromatic rings. The second kappa shape index (κ2) is 3.97. The predicted molar refractivity (Wildman–Crippen MR) is 61.9 cm³/mol. The van der Waals surface area contributed by atoms with E-state index < -0.39 is 0 Å². The first kappa shape index (κ1) is 10.7. The summed E-state index contributed by atoms with van der Waals surface area (Å²) in [4.78, 5) is 0. The van der Waals surface area contributed by atoms with Gasteiger partial charge in [0.1, 0.15) is 0 Å². The Kier molecular flexibility index (Phi) is 2.83. The minimum Gasteiger partial charge on any atom is -0.313 e. The molecule has 1 N–H and O–H groups in total. The van der Waals surface area contributed by atoms with Gasteiger partial charge in [-0.1, -0.05) is 0 Å². The normalized spacial score (nSPS) is 18.1. The summed E-state index contributed by atoms with van der Waals surface area (Å²) in [6, 6.07) is 0.401. The van der Waals surface area contributed by atoms with Gasteiger partial charge < -0.3 is 5.32 Å². The van der Waals surface area contributed by atoms with Gasteiger partial charge in [-0.3, -0.25) is 4.68 Å². The highest BCUT2D eigenvalue weighted by Gasteiger charge is 2.24. The van der Waals surface area contributed by atoms with E-state index in [1.165, 1.54) is 29.8 Å². The minimum atomic E-state index is 0.401. The molecule has 0 aliphatic heterocycles. The van der Waals surface area contributed by atoms with Crippen LogP contribution in [0.5, 0.6) is 0 Å². The monoisotopic (exact) mass is 207 g/mol. The summed E-state index contributed by atoms with van der Waals surface area (Å²) in [5, 5.41) is 7.93. The van der Waals surface area contributed by atoms with Gasteiger partial charge in [-0.2, -0.15) is 5.10 Å². The molecule has 1 fully saturated rings. The van der Waals surface area contributed by atoms with Crippen LogP contribution in [0.2, 0.25) is 0 Å². The predicted octanol–water partition coefficient (Wildman–Crippen LogP) is 2.19. The van der Waals surface area contributed by atoms with E-state index in [0.29, 0.717) is 6.04 Å². The number of nitrogens with one attached hydrogen (secondary N) is 1. The lowest BCUT2D eigenvalue weighted by Gasteiger charge is -2.11. The van der Waals surface area contributed by atoms with Gasteiger partial charge in [0.2, 0.25) is 0 Å². The van der Waals surface area contributed by atoms with Crippen LogP contribution in [0.3, 0.4) is 0 Å². The maximum absolute atomic E-state index is 4.64. The molecule has 0 spiro atoms. The number of aryl methyl sites for hydroxylation is 1. The van der Waals surface area contributed by atoms with Crippen molar-refractivity contribution in [1.82, 2.24) is 15.1 Å². The molecule has 0 bridgehead atoms. The van der Waals surface area contributed by atoms with Crippen LogP contribution < -0.4 is 5.32 Å². The lowest BCUT2D eigenvalue weighted by Crippen LogP contribution is -2.14. The molecular formula is C12H21N3. The van der Waals surface area contributed by atoms with Gasteiger partial charge in [0.05, 0.1) is 5.69 Å². The zero-order valence-corrected chi connectivity index (χ0v) is 10.2. The van der Waals surface area contributed by atoms with Gasteiger partial charge >= 0.3 is 0 Å². The largest absolute Gasteiger partial charge is 0.313 e. The van der Waals surface area contributed by atoms with E-state index in [-0.39, 0.29) is 0 Å². The van der Waals surface area contributed by atoms with E-state index in [4.69, 9.17) is 0 Å². The zero-order chi connectivity index (χ0) is 11.0. The summed E-state index contributed by atoms with van der Waals surface area (Å²) in [5.74, 6) is 0.890. The molecule has 0 amide bonds. The van der Waals surface area contributed by atoms with Crippen molar-refractivity contribution in [2.24, 2.45) is 5.92 Å². The summed E-state index contributed by atoms with van der Waals surface area (Å²) in [6.07, 6.45) is 2.77. The van der Waals surface area contributed by atoms with Crippen LogP contribution in [0, 0.1) is 19.8 Å². The maximum Gasteiger partial charge on any atom is 0.0644 e. The fraction of sp³-hybridized carbons (Fsp3) is 0.750. The summed E-state index contributed by atoms with van der Waals surface area (Å²) in [5.41, 5.74) is 3.88. The van der Waals surface area contributed by atoms with E-state index >= 15 is 0 Å². The minimum absolute atomic E-state index is 0.401. The summed E-state index contributed by atoms with van der Waals surface area (Å²) in [6.45, 7) is 7.60. The average molecular weight is 207 g/mol. The van der Waals surface area contributed by atoms with Crippen molar-refractivity contribution in [3.63, 3.8) is 0 Å². The molecular weight excluding hydrogens is 186 g/mol. The smallest absolute Gasteiger partial charge is 0.0644 e. The van der Waals surface area contributed by atoms with Crippen molar-refractivity contribution in [2.75, 3.05) is 7.05 Å². The average Bonchev–Trinajstić information content (AvgIpc) is 2.95. The first-order chi connectivity index (χ1) is 7.13. The fourth-order valence-corrected chi connectivity index (χ4v) is 2.20. The number of hydrogen-bond acceptors (Lipinski definition) is 2. The highest BCUT2D eigenvalue weighted by molar-refractivity contribution is 5.27. The molecule has 0 saturated heterocycles. The molecule has 1 heterocycles. The molecule has 3 nitrogen and oxygen atoms in total. The van der Waals surface area contributed by atoms with E-state index in [0.717, 1.165) is 12.5 Å². The van der Waals surface area contributed by atoms with Gasteiger partial charge in [0, 0.05) is 23.8 Å². The van der Waals surface area contributed by atoms with Crippen molar-refractivity contribution in [1.29, 1.82) is 0 Å². The lowest BCUT2D eigenvalue weighted by molar-refractivity contribution is 0.544. The van der Waals surface area contributed by atoms with E-state index in [1.54, 1.807) is 0 Å². The first-order valence-corrected chi connectivity index (χ1v) is 5.84. The third kappa shape index (κ3) is 2.07. The molecule has 3 heteroatoms. The van der Waals surface area contributed by atoms with Gasteiger partial charge in [-0.15, -0.1) is 0 Å². The molecule has 0 aromatic carbocycles. The Morgan fingerprint density at radius 3 is 2.67 bits per heavy atom. The van der Waals surface area contributed by atoms with Crippen LogP contribution in [0.1, 0.15) is 42.8 Å². The SMILES string of the molecule is CNC(C)c1c(C)nn(CC2CC2)c1C. The third-order valence-corrected chi connectivity index (χ3v) is 3.43. The van der Waals surface area contributed by atoms with Crippen LogP contribution in [0.15, 0.2) is 0 Å². The van der Waals surface area contributed by atoms with Crippen LogP contribution in [0.4, 0.5) is 0 Å². The van der Waals surface area contributed by atoms with Crippen LogP contribution >= 0.6 is 0 Å². The van der Waals surface area contributed by atoms with Gasteiger partial charge in [-0.05, 0) is 46.6 Å². The van der Waals surface area contributed by atoms with Crippen LogP contribution in [-0.2, 0) is 6.54 Å². The van der Waals surface area contributed by atoms with Crippen molar-refractivity contribution in [3.8, 4) is 0 Å². The van der Waals surface area contributed by atoms with Crippen LogP contribution in [0.25, 0.3) is 0 Å². The Labute approximate surface area is 91.9 Å². The highest BCUT2D eigenvalue weighted by Crippen LogP contribution is 2.32. The summed E-state index contributed by atoms with van der Waals surface area (Å²) < 4.78 is 2.19. The Bertz CT molecular complexity index is 350.